The van der Waals surface area contributed by atoms with Crippen molar-refractivity contribution in [3.63, 3.8) is 0 Å². The zero-order valence-electron chi connectivity index (χ0n) is 10.3. The summed E-state index contributed by atoms with van der Waals surface area (Å²) >= 11 is 3.11. The van der Waals surface area contributed by atoms with Gasteiger partial charge in [-0.05, 0) is 58.2 Å². The first-order chi connectivity index (χ1) is 8.88. The average Bonchev–Trinajstić information content (AvgIpc) is 2.34. The standard InChI is InChI=1S/C15H13BrF2O/c1-15(19,11-3-5-12(17)6-4-11)9-10-2-7-14(18)13(16)8-10/h2-8,19H,9H2,1H3. The maximum atomic E-state index is 13.1. The first-order valence-electron chi connectivity index (χ1n) is 5.81. The van der Waals surface area contributed by atoms with Crippen molar-refractivity contribution in [1.29, 1.82) is 0 Å². The van der Waals surface area contributed by atoms with E-state index in [0.29, 0.717) is 16.5 Å². The van der Waals surface area contributed by atoms with Crippen LogP contribution in [-0.4, -0.2) is 5.11 Å². The molecule has 0 aliphatic carbocycles. The second kappa shape index (κ2) is 5.39. The van der Waals surface area contributed by atoms with Gasteiger partial charge in [0.05, 0.1) is 10.1 Å². The van der Waals surface area contributed by atoms with Crippen LogP contribution in [0.3, 0.4) is 0 Å². The third-order valence-corrected chi connectivity index (χ3v) is 3.61. The van der Waals surface area contributed by atoms with E-state index in [1.807, 2.05) is 0 Å². The van der Waals surface area contributed by atoms with E-state index in [-0.39, 0.29) is 11.6 Å². The molecular weight excluding hydrogens is 314 g/mol. The van der Waals surface area contributed by atoms with Crippen LogP contribution in [0.15, 0.2) is 46.9 Å². The monoisotopic (exact) mass is 326 g/mol. The lowest BCUT2D eigenvalue weighted by Gasteiger charge is -2.24. The Bertz CT molecular complexity index is 579. The number of benzene rings is 2. The summed E-state index contributed by atoms with van der Waals surface area (Å²) < 4.78 is 26.4. The number of rotatable bonds is 3. The predicted molar refractivity (Wildman–Crippen MR) is 73.8 cm³/mol. The summed E-state index contributed by atoms with van der Waals surface area (Å²) in [6.45, 7) is 1.65. The molecule has 19 heavy (non-hydrogen) atoms. The van der Waals surface area contributed by atoms with Crippen molar-refractivity contribution in [3.8, 4) is 0 Å². The molecule has 4 heteroatoms. The summed E-state index contributed by atoms with van der Waals surface area (Å²) in [5, 5.41) is 10.5. The summed E-state index contributed by atoms with van der Waals surface area (Å²) in [5.41, 5.74) is 0.280. The molecule has 0 fully saturated rings. The molecule has 2 aromatic rings. The number of halogens is 3. The highest BCUT2D eigenvalue weighted by atomic mass is 79.9. The Morgan fingerprint density at radius 3 is 2.32 bits per heavy atom. The van der Waals surface area contributed by atoms with E-state index < -0.39 is 5.60 Å². The second-order valence-electron chi connectivity index (χ2n) is 4.71. The Morgan fingerprint density at radius 2 is 1.74 bits per heavy atom. The van der Waals surface area contributed by atoms with Crippen molar-refractivity contribution in [2.45, 2.75) is 18.9 Å². The minimum absolute atomic E-state index is 0.317. The maximum Gasteiger partial charge on any atom is 0.137 e. The third kappa shape index (κ3) is 3.39. The van der Waals surface area contributed by atoms with E-state index in [1.54, 1.807) is 31.2 Å². The van der Waals surface area contributed by atoms with Crippen molar-refractivity contribution < 1.29 is 13.9 Å². The van der Waals surface area contributed by atoms with Gasteiger partial charge in [-0.1, -0.05) is 18.2 Å². The molecule has 2 rings (SSSR count). The molecule has 2 aromatic carbocycles. The average molecular weight is 327 g/mol. The number of aliphatic hydroxyl groups is 1. The van der Waals surface area contributed by atoms with Gasteiger partial charge in [-0.25, -0.2) is 8.78 Å². The Hall–Kier alpha value is -1.26. The van der Waals surface area contributed by atoms with Crippen molar-refractivity contribution in [1.82, 2.24) is 0 Å². The Labute approximate surface area is 119 Å². The predicted octanol–water partition coefficient (Wildman–Crippen LogP) is 4.18. The van der Waals surface area contributed by atoms with Gasteiger partial charge in [-0.3, -0.25) is 0 Å². The van der Waals surface area contributed by atoms with Crippen LogP contribution in [0, 0.1) is 11.6 Å². The van der Waals surface area contributed by atoms with Gasteiger partial charge in [0.25, 0.3) is 0 Å². The first-order valence-corrected chi connectivity index (χ1v) is 6.60. The van der Waals surface area contributed by atoms with E-state index in [2.05, 4.69) is 15.9 Å². The second-order valence-corrected chi connectivity index (χ2v) is 5.56. The fourth-order valence-electron chi connectivity index (χ4n) is 1.96. The molecule has 100 valence electrons. The van der Waals surface area contributed by atoms with Crippen LogP contribution in [0.5, 0.6) is 0 Å². The summed E-state index contributed by atoms with van der Waals surface area (Å²) in [6, 6.07) is 10.3. The van der Waals surface area contributed by atoms with E-state index in [1.165, 1.54) is 18.2 Å². The lowest BCUT2D eigenvalue weighted by Crippen LogP contribution is -2.24. The number of hydrogen-bond acceptors (Lipinski definition) is 1. The van der Waals surface area contributed by atoms with Crippen molar-refractivity contribution in [2.24, 2.45) is 0 Å². The molecule has 0 radical (unpaired) electrons. The maximum absolute atomic E-state index is 13.1. The SMILES string of the molecule is CC(O)(Cc1ccc(F)c(Br)c1)c1ccc(F)cc1. The molecular formula is C15H13BrF2O. The molecule has 1 nitrogen and oxygen atoms in total. The minimum atomic E-state index is -1.13. The fourth-order valence-corrected chi connectivity index (χ4v) is 2.38. The zero-order valence-corrected chi connectivity index (χ0v) is 11.9. The minimum Gasteiger partial charge on any atom is -0.385 e. The van der Waals surface area contributed by atoms with Crippen molar-refractivity contribution in [3.05, 3.63) is 69.7 Å². The molecule has 0 aliphatic rings. The molecule has 0 saturated carbocycles. The van der Waals surface area contributed by atoms with Gasteiger partial charge in [0, 0.05) is 6.42 Å². The Kier molecular flexibility index (Phi) is 4.02. The van der Waals surface area contributed by atoms with E-state index in [0.717, 1.165) is 5.56 Å². The summed E-state index contributed by atoms with van der Waals surface area (Å²) in [5.74, 6) is -0.686. The van der Waals surface area contributed by atoms with E-state index in [9.17, 15) is 13.9 Å². The van der Waals surface area contributed by atoms with Gasteiger partial charge in [0.1, 0.15) is 11.6 Å². The molecule has 0 saturated heterocycles. The lowest BCUT2D eigenvalue weighted by atomic mass is 9.89. The third-order valence-electron chi connectivity index (χ3n) is 3.00. The van der Waals surface area contributed by atoms with Gasteiger partial charge in [-0.2, -0.15) is 0 Å². The first kappa shape index (κ1) is 14.2. The summed E-state index contributed by atoms with van der Waals surface area (Å²) in [7, 11) is 0. The van der Waals surface area contributed by atoms with Crippen molar-refractivity contribution in [2.75, 3.05) is 0 Å². The van der Waals surface area contributed by atoms with Crippen LogP contribution in [0.1, 0.15) is 18.1 Å². The molecule has 0 heterocycles. The van der Waals surface area contributed by atoms with Crippen LogP contribution >= 0.6 is 15.9 Å². The number of hydrogen-bond donors (Lipinski definition) is 1. The zero-order chi connectivity index (χ0) is 14.0. The normalized spacial score (nSPS) is 14.2. The highest BCUT2D eigenvalue weighted by Gasteiger charge is 2.23. The van der Waals surface area contributed by atoms with Crippen LogP contribution in [0.25, 0.3) is 0 Å². The largest absolute Gasteiger partial charge is 0.385 e. The summed E-state index contributed by atoms with van der Waals surface area (Å²) in [4.78, 5) is 0. The van der Waals surface area contributed by atoms with Crippen LogP contribution in [0.4, 0.5) is 8.78 Å². The van der Waals surface area contributed by atoms with Gasteiger partial charge in [0.15, 0.2) is 0 Å². The Balaban J connectivity index is 2.25. The quantitative estimate of drug-likeness (QED) is 0.897. The highest BCUT2D eigenvalue weighted by Crippen LogP contribution is 2.27. The molecule has 1 N–H and O–H groups in total. The van der Waals surface area contributed by atoms with Crippen LogP contribution in [0.2, 0.25) is 0 Å². The Morgan fingerprint density at radius 1 is 1.11 bits per heavy atom. The topological polar surface area (TPSA) is 20.2 Å². The molecule has 0 bridgehead atoms. The van der Waals surface area contributed by atoms with Gasteiger partial charge in [0.2, 0.25) is 0 Å². The van der Waals surface area contributed by atoms with Crippen LogP contribution < -0.4 is 0 Å². The van der Waals surface area contributed by atoms with Gasteiger partial charge in [-0.15, -0.1) is 0 Å². The van der Waals surface area contributed by atoms with Gasteiger partial charge >= 0.3 is 0 Å². The molecule has 0 aromatic heterocycles. The van der Waals surface area contributed by atoms with Gasteiger partial charge < -0.3 is 5.11 Å². The summed E-state index contributed by atoms with van der Waals surface area (Å²) in [6.07, 6.45) is 0.317. The molecule has 0 spiro atoms. The molecule has 1 unspecified atom stereocenters. The molecule has 0 amide bonds. The van der Waals surface area contributed by atoms with E-state index in [4.69, 9.17) is 0 Å². The molecule has 0 aliphatic heterocycles. The van der Waals surface area contributed by atoms with E-state index >= 15 is 0 Å². The highest BCUT2D eigenvalue weighted by molar-refractivity contribution is 9.10. The smallest absolute Gasteiger partial charge is 0.137 e. The lowest BCUT2D eigenvalue weighted by molar-refractivity contribution is 0.0575. The molecule has 1 atom stereocenters. The van der Waals surface area contributed by atoms with Crippen LogP contribution in [-0.2, 0) is 12.0 Å². The van der Waals surface area contributed by atoms with Crippen molar-refractivity contribution >= 4 is 15.9 Å². The fraction of sp³-hybridized carbons (Fsp3) is 0.200.